The van der Waals surface area contributed by atoms with Crippen LogP contribution in [0.1, 0.15) is 5.01 Å². The van der Waals surface area contributed by atoms with Gasteiger partial charge in [-0.15, -0.1) is 11.3 Å². The maximum atomic E-state index is 13.4. The van der Waals surface area contributed by atoms with Gasteiger partial charge in [-0.3, -0.25) is 10.1 Å². The minimum atomic E-state index is -0.932. The van der Waals surface area contributed by atoms with Crippen LogP contribution in [0.5, 0.6) is 11.5 Å². The van der Waals surface area contributed by atoms with Crippen molar-refractivity contribution in [2.24, 2.45) is 0 Å². The molecular weight excluding hydrogens is 399 g/mol. The Morgan fingerprint density at radius 2 is 2.14 bits per heavy atom. The van der Waals surface area contributed by atoms with E-state index in [0.29, 0.717) is 22.2 Å². The van der Waals surface area contributed by atoms with Crippen LogP contribution in [0.2, 0.25) is 0 Å². The molecule has 10 heteroatoms. The van der Waals surface area contributed by atoms with Gasteiger partial charge in [-0.1, -0.05) is 0 Å². The van der Waals surface area contributed by atoms with Crippen LogP contribution >= 0.6 is 11.3 Å². The van der Waals surface area contributed by atoms with Crippen LogP contribution in [0.4, 0.5) is 15.8 Å². The molecule has 1 aromatic heterocycles. The molecule has 3 aromatic rings. The number of thiazole rings is 1. The van der Waals surface area contributed by atoms with Crippen LogP contribution in [-0.4, -0.2) is 16.7 Å². The van der Waals surface area contributed by atoms with E-state index in [1.165, 1.54) is 23.6 Å². The second-order valence-corrected chi connectivity index (χ2v) is 6.70. The highest BCUT2D eigenvalue weighted by Crippen LogP contribution is 2.36. The molecule has 1 aliphatic rings. The van der Waals surface area contributed by atoms with E-state index in [2.05, 4.69) is 10.3 Å². The molecule has 0 saturated heterocycles. The summed E-state index contributed by atoms with van der Waals surface area (Å²) in [5.74, 6) is 0.366. The van der Waals surface area contributed by atoms with Crippen LogP contribution in [0, 0.1) is 27.3 Å². The molecule has 0 spiro atoms. The Kier molecular flexibility index (Phi) is 4.80. The summed E-state index contributed by atoms with van der Waals surface area (Å²) in [5, 5.41) is 25.3. The van der Waals surface area contributed by atoms with Crippen molar-refractivity contribution in [3.63, 3.8) is 0 Å². The fourth-order valence-corrected chi connectivity index (χ4v) is 3.42. The van der Waals surface area contributed by atoms with Gasteiger partial charge in [0.2, 0.25) is 12.6 Å². The van der Waals surface area contributed by atoms with E-state index in [0.717, 1.165) is 17.7 Å². The highest BCUT2D eigenvalue weighted by atomic mass is 32.1. The maximum absolute atomic E-state index is 13.4. The molecule has 0 saturated carbocycles. The van der Waals surface area contributed by atoms with Gasteiger partial charge in [0.1, 0.15) is 16.6 Å². The number of nitrogens with one attached hydrogen (secondary N) is 1. The Bertz CT molecular complexity index is 1190. The molecule has 144 valence electrons. The van der Waals surface area contributed by atoms with Crippen LogP contribution in [0.15, 0.2) is 48.0 Å². The van der Waals surface area contributed by atoms with E-state index in [1.54, 1.807) is 11.4 Å². The number of nitriles is 1. The van der Waals surface area contributed by atoms with Crippen molar-refractivity contribution in [2.45, 2.75) is 0 Å². The summed E-state index contributed by atoms with van der Waals surface area (Å²) < 4.78 is 24.1. The van der Waals surface area contributed by atoms with Gasteiger partial charge in [0, 0.05) is 28.9 Å². The molecule has 2 heterocycles. The highest BCUT2D eigenvalue weighted by molar-refractivity contribution is 7.11. The molecule has 2 aromatic carbocycles. The Morgan fingerprint density at radius 1 is 1.31 bits per heavy atom. The average Bonchev–Trinajstić information content (AvgIpc) is 3.38. The summed E-state index contributed by atoms with van der Waals surface area (Å²) in [7, 11) is 0. The van der Waals surface area contributed by atoms with Gasteiger partial charge >= 0.3 is 5.69 Å². The molecule has 0 amide bonds. The number of fused-ring (bicyclic) bond motifs is 1. The number of anilines is 1. The SMILES string of the molecule is N#CC(=CNc1ccc(F)c([N+](=O)[O-])c1)c1nc(-c2ccc3c(c2)OCO3)cs1. The van der Waals surface area contributed by atoms with E-state index in [1.807, 2.05) is 18.2 Å². The van der Waals surface area contributed by atoms with Crippen molar-refractivity contribution in [2.75, 3.05) is 12.1 Å². The van der Waals surface area contributed by atoms with Gasteiger partial charge < -0.3 is 14.8 Å². The number of benzene rings is 2. The molecular formula is C19H11FN4O4S. The third-order valence-corrected chi connectivity index (χ3v) is 4.92. The number of halogens is 1. The molecule has 0 radical (unpaired) electrons. The first-order chi connectivity index (χ1) is 14.0. The van der Waals surface area contributed by atoms with Gasteiger partial charge in [0.05, 0.1) is 10.6 Å². The van der Waals surface area contributed by atoms with Crippen molar-refractivity contribution in [3.8, 4) is 28.8 Å². The predicted molar refractivity (Wildman–Crippen MR) is 104 cm³/mol. The lowest BCUT2D eigenvalue weighted by Crippen LogP contribution is -1.96. The molecule has 0 aliphatic carbocycles. The lowest BCUT2D eigenvalue weighted by Gasteiger charge is -2.02. The van der Waals surface area contributed by atoms with Crippen molar-refractivity contribution >= 4 is 28.3 Å². The Labute approximate surface area is 167 Å². The standard InChI is InChI=1S/C19H11FN4O4S/c20-14-3-2-13(6-16(14)24(25)26)22-8-12(7-21)19-23-15(9-29-19)11-1-4-17-18(5-11)28-10-27-17/h1-6,8-9,22H,10H2. The lowest BCUT2D eigenvalue weighted by atomic mass is 10.1. The highest BCUT2D eigenvalue weighted by Gasteiger charge is 2.16. The van der Waals surface area contributed by atoms with Crippen molar-refractivity contribution < 1.29 is 18.8 Å². The van der Waals surface area contributed by atoms with Gasteiger partial charge in [-0.2, -0.15) is 9.65 Å². The summed E-state index contributed by atoms with van der Waals surface area (Å²) in [5.41, 5.74) is 1.34. The minimum Gasteiger partial charge on any atom is -0.454 e. The number of ether oxygens (including phenoxy) is 2. The van der Waals surface area contributed by atoms with Crippen molar-refractivity contribution in [1.29, 1.82) is 5.26 Å². The Balaban J connectivity index is 1.57. The molecule has 0 unspecified atom stereocenters. The number of nitrogens with zero attached hydrogens (tertiary/aromatic N) is 3. The van der Waals surface area contributed by atoms with Gasteiger partial charge in [0.25, 0.3) is 0 Å². The van der Waals surface area contributed by atoms with Crippen LogP contribution in [0.3, 0.4) is 0 Å². The average molecular weight is 410 g/mol. The van der Waals surface area contributed by atoms with E-state index in [4.69, 9.17) is 9.47 Å². The summed E-state index contributed by atoms with van der Waals surface area (Å²) in [6.45, 7) is 0.176. The van der Waals surface area contributed by atoms with Crippen LogP contribution in [-0.2, 0) is 0 Å². The van der Waals surface area contributed by atoms with E-state index in [9.17, 15) is 19.8 Å². The second kappa shape index (κ2) is 7.57. The molecule has 8 nitrogen and oxygen atoms in total. The van der Waals surface area contributed by atoms with E-state index < -0.39 is 16.4 Å². The summed E-state index contributed by atoms with van der Waals surface area (Å²) in [4.78, 5) is 14.5. The summed E-state index contributed by atoms with van der Waals surface area (Å²) >= 11 is 1.27. The van der Waals surface area contributed by atoms with E-state index >= 15 is 0 Å². The fourth-order valence-electron chi connectivity index (χ4n) is 2.63. The third-order valence-electron chi connectivity index (χ3n) is 4.05. The maximum Gasteiger partial charge on any atom is 0.306 e. The number of rotatable bonds is 5. The first kappa shape index (κ1) is 18.4. The zero-order chi connectivity index (χ0) is 20.4. The molecule has 29 heavy (non-hydrogen) atoms. The predicted octanol–water partition coefficient (Wildman–Crippen LogP) is 4.56. The molecule has 0 fully saturated rings. The fraction of sp³-hybridized carbons (Fsp3) is 0.0526. The lowest BCUT2D eigenvalue weighted by molar-refractivity contribution is -0.387. The van der Waals surface area contributed by atoms with Crippen molar-refractivity contribution in [1.82, 2.24) is 4.98 Å². The molecule has 4 rings (SSSR count). The normalized spacial score (nSPS) is 12.5. The largest absolute Gasteiger partial charge is 0.454 e. The van der Waals surface area contributed by atoms with Gasteiger partial charge in [0.15, 0.2) is 11.5 Å². The molecule has 1 N–H and O–H groups in total. The number of hydrogen-bond acceptors (Lipinski definition) is 8. The number of aromatic nitrogens is 1. The number of allylic oxidation sites excluding steroid dienone is 1. The summed E-state index contributed by atoms with van der Waals surface area (Å²) in [6.07, 6.45) is 1.37. The number of nitro benzene ring substituents is 1. The van der Waals surface area contributed by atoms with Crippen LogP contribution < -0.4 is 14.8 Å². The van der Waals surface area contributed by atoms with Gasteiger partial charge in [-0.25, -0.2) is 4.98 Å². The molecule has 0 bridgehead atoms. The topological polar surface area (TPSA) is 110 Å². The zero-order valence-corrected chi connectivity index (χ0v) is 15.4. The first-order valence-corrected chi connectivity index (χ1v) is 9.10. The second-order valence-electron chi connectivity index (χ2n) is 5.84. The van der Waals surface area contributed by atoms with Crippen molar-refractivity contribution in [3.05, 3.63) is 68.9 Å². The molecule has 1 aliphatic heterocycles. The minimum absolute atomic E-state index is 0.176. The summed E-state index contributed by atoms with van der Waals surface area (Å²) in [6, 6.07) is 10.9. The van der Waals surface area contributed by atoms with E-state index in [-0.39, 0.29) is 18.1 Å². The van der Waals surface area contributed by atoms with Crippen LogP contribution in [0.25, 0.3) is 16.8 Å². The Hall–Kier alpha value is -3.97. The Morgan fingerprint density at radius 3 is 2.93 bits per heavy atom. The zero-order valence-electron chi connectivity index (χ0n) is 14.6. The smallest absolute Gasteiger partial charge is 0.306 e. The number of hydrogen-bond donors (Lipinski definition) is 1. The third kappa shape index (κ3) is 3.71. The van der Waals surface area contributed by atoms with Gasteiger partial charge in [-0.05, 0) is 30.3 Å². The first-order valence-electron chi connectivity index (χ1n) is 8.22. The quantitative estimate of drug-likeness (QED) is 0.373. The monoisotopic (exact) mass is 410 g/mol. The number of nitro groups is 1. The molecule has 0 atom stereocenters.